The molecule has 0 aliphatic carbocycles. The number of benzene rings is 1. The highest BCUT2D eigenvalue weighted by atomic mass is 35.5. The van der Waals surface area contributed by atoms with Gasteiger partial charge in [0.05, 0.1) is 16.2 Å². The second-order valence-corrected chi connectivity index (χ2v) is 9.98. The summed E-state index contributed by atoms with van der Waals surface area (Å²) in [5.41, 5.74) is 7.79. The Hall–Kier alpha value is -2.83. The van der Waals surface area contributed by atoms with E-state index in [1.165, 1.54) is 12.8 Å². The molecule has 2 unspecified atom stereocenters. The van der Waals surface area contributed by atoms with Gasteiger partial charge in [0.15, 0.2) is 18.0 Å². The molecule has 1 aromatic heterocycles. The van der Waals surface area contributed by atoms with Crippen LogP contribution in [0.3, 0.4) is 0 Å². The Labute approximate surface area is 225 Å². The Balaban J connectivity index is 0.000000342. The zero-order valence-corrected chi connectivity index (χ0v) is 21.7. The molecule has 2 atom stereocenters. The van der Waals surface area contributed by atoms with Crippen LogP contribution in [0.1, 0.15) is 48.9 Å². The second-order valence-electron chi connectivity index (χ2n) is 9.57. The molecule has 2 fully saturated rings. The number of rotatable bonds is 8. The van der Waals surface area contributed by atoms with Crippen molar-refractivity contribution < 1.29 is 39.5 Å². The first kappa shape index (κ1) is 29.7. The maximum Gasteiger partial charge on any atom is 0.335 e. The normalized spacial score (nSPS) is 18.8. The third kappa shape index (κ3) is 7.61. The first-order valence-electron chi connectivity index (χ1n) is 12.6. The lowest BCUT2D eigenvalue weighted by Gasteiger charge is -2.39. The van der Waals surface area contributed by atoms with Crippen LogP contribution in [0.5, 0.6) is 0 Å². The molecule has 11 nitrogen and oxygen atoms in total. The van der Waals surface area contributed by atoms with E-state index < -0.39 is 24.1 Å². The number of nitrogens with zero attached hydrogens (tertiary/aromatic N) is 2. The zero-order chi connectivity index (χ0) is 27.8. The molecule has 0 spiro atoms. The fraction of sp³-hybridized carbons (Fsp3) is 0.538. The Morgan fingerprint density at radius 3 is 2.26 bits per heavy atom. The molecule has 12 heteroatoms. The summed E-state index contributed by atoms with van der Waals surface area (Å²) in [6, 6.07) is 6.05. The average Bonchev–Trinajstić information content (AvgIpc) is 2.93. The molecule has 2 saturated heterocycles. The van der Waals surface area contributed by atoms with Crippen molar-refractivity contribution in [3.63, 3.8) is 0 Å². The smallest absolute Gasteiger partial charge is 0.335 e. The minimum Gasteiger partial charge on any atom is -0.479 e. The van der Waals surface area contributed by atoms with Crippen LogP contribution in [0, 0.1) is 5.92 Å². The van der Waals surface area contributed by atoms with Gasteiger partial charge in [0.2, 0.25) is 0 Å². The number of aliphatic hydroxyl groups is 2. The number of likely N-dealkylation sites (tertiary alicyclic amines) is 1. The van der Waals surface area contributed by atoms with Gasteiger partial charge in [-0.25, -0.2) is 9.59 Å². The van der Waals surface area contributed by atoms with Crippen LogP contribution in [0.15, 0.2) is 24.4 Å². The van der Waals surface area contributed by atoms with Crippen LogP contribution in [-0.2, 0) is 14.3 Å². The quantitative estimate of drug-likeness (QED) is 0.239. The van der Waals surface area contributed by atoms with Crippen molar-refractivity contribution in [1.82, 2.24) is 9.88 Å². The van der Waals surface area contributed by atoms with E-state index in [2.05, 4.69) is 9.88 Å². The Kier molecular flexibility index (Phi) is 10.8. The minimum absolute atomic E-state index is 0.109. The van der Waals surface area contributed by atoms with Crippen molar-refractivity contribution in [3.8, 4) is 0 Å². The van der Waals surface area contributed by atoms with Crippen molar-refractivity contribution in [2.24, 2.45) is 5.92 Å². The Morgan fingerprint density at radius 2 is 1.68 bits per heavy atom. The number of halogens is 1. The molecule has 4 rings (SSSR count). The summed E-state index contributed by atoms with van der Waals surface area (Å²) in [6.45, 7) is 4.07. The molecule has 208 valence electrons. The van der Waals surface area contributed by atoms with Crippen molar-refractivity contribution >= 4 is 45.9 Å². The first-order chi connectivity index (χ1) is 18.1. The predicted molar refractivity (Wildman–Crippen MR) is 140 cm³/mol. The van der Waals surface area contributed by atoms with E-state index >= 15 is 0 Å². The van der Waals surface area contributed by atoms with E-state index in [-0.39, 0.29) is 5.78 Å². The average molecular weight is 552 g/mol. The number of carbonyl (C=O) groups excluding carboxylic acids is 1. The van der Waals surface area contributed by atoms with Crippen LogP contribution in [0.4, 0.5) is 5.69 Å². The molecule has 0 radical (unpaired) electrons. The fourth-order valence-corrected chi connectivity index (χ4v) is 5.06. The first-order valence-corrected chi connectivity index (χ1v) is 13.0. The van der Waals surface area contributed by atoms with E-state index in [1.807, 2.05) is 12.1 Å². The standard InChI is InChI=1S/C22H28ClN3O2.C4H6O6/c23-19-14-18(22-17(21(19)24)2-1-9-25-22)20(27)4-3-15-5-10-26(11-6-15)16-7-12-28-13-8-16;5-1(3(7)8)2(6)4(9)10/h1-2,9,14-16H,3-8,10-13,24H2;1-2,5-6H,(H,7,8)(H,9,10). The topological polar surface area (TPSA) is 184 Å². The molecule has 3 heterocycles. The molecular weight excluding hydrogens is 518 g/mol. The molecule has 38 heavy (non-hydrogen) atoms. The number of aromatic nitrogens is 1. The third-order valence-corrected chi connectivity index (χ3v) is 7.44. The number of carboxylic acids is 2. The number of aliphatic hydroxyl groups excluding tert-OH is 2. The predicted octanol–water partition coefficient (Wildman–Crippen LogP) is 2.20. The van der Waals surface area contributed by atoms with Crippen molar-refractivity contribution in [1.29, 1.82) is 0 Å². The number of nitrogens with two attached hydrogens (primary N) is 1. The van der Waals surface area contributed by atoms with Crippen molar-refractivity contribution in [2.75, 3.05) is 32.0 Å². The van der Waals surface area contributed by atoms with Gasteiger partial charge in [-0.1, -0.05) is 11.6 Å². The number of aliphatic carboxylic acids is 2. The summed E-state index contributed by atoms with van der Waals surface area (Å²) < 4.78 is 5.48. The molecule has 2 aromatic rings. The number of ether oxygens (including phenoxy) is 1. The largest absolute Gasteiger partial charge is 0.479 e. The van der Waals surface area contributed by atoms with Crippen molar-refractivity contribution in [3.05, 3.63) is 35.0 Å². The summed E-state index contributed by atoms with van der Waals surface area (Å²) in [5, 5.41) is 33.7. The minimum atomic E-state index is -2.27. The highest BCUT2D eigenvalue weighted by Gasteiger charge is 2.29. The number of nitrogen functional groups attached to an aromatic ring is 1. The monoisotopic (exact) mass is 551 g/mol. The fourth-order valence-electron chi connectivity index (χ4n) is 4.85. The summed E-state index contributed by atoms with van der Waals surface area (Å²) in [6.07, 6.45) is 3.28. The summed E-state index contributed by atoms with van der Waals surface area (Å²) >= 11 is 6.26. The lowest BCUT2D eigenvalue weighted by molar-refractivity contribution is -0.165. The summed E-state index contributed by atoms with van der Waals surface area (Å²) in [4.78, 5) is 39.5. The summed E-state index contributed by atoms with van der Waals surface area (Å²) in [7, 11) is 0. The van der Waals surface area contributed by atoms with Crippen LogP contribution >= 0.6 is 11.6 Å². The van der Waals surface area contributed by atoms with Gasteiger partial charge in [-0.05, 0) is 69.3 Å². The molecule has 6 N–H and O–H groups in total. The molecule has 1 aromatic carbocycles. The maximum atomic E-state index is 12.9. The number of pyridine rings is 1. The van der Waals surface area contributed by atoms with E-state index in [1.54, 1.807) is 12.3 Å². The molecular formula is C26H34ClN3O8. The number of hydrogen-bond donors (Lipinski definition) is 5. The molecule has 2 aliphatic rings. The number of hydrogen-bond acceptors (Lipinski definition) is 9. The number of piperidine rings is 1. The molecule has 0 amide bonds. The number of fused-ring (bicyclic) bond motifs is 1. The van der Waals surface area contributed by atoms with E-state index in [0.717, 1.165) is 51.0 Å². The molecule has 0 saturated carbocycles. The van der Waals surface area contributed by atoms with E-state index in [0.29, 0.717) is 40.2 Å². The van der Waals surface area contributed by atoms with Crippen LogP contribution in [0.2, 0.25) is 5.02 Å². The molecule has 0 bridgehead atoms. The SMILES string of the molecule is Nc1c(Cl)cc(C(=O)CCC2CCN(C3CCOCC3)CC2)c2ncccc12.O=C(O)C(O)C(O)C(=O)O. The zero-order valence-electron chi connectivity index (χ0n) is 21.0. The van der Waals surface area contributed by atoms with E-state index in [4.69, 9.17) is 42.5 Å². The molecule has 2 aliphatic heterocycles. The Bertz CT molecular complexity index is 1110. The Morgan fingerprint density at radius 1 is 1.08 bits per heavy atom. The van der Waals surface area contributed by atoms with Crippen LogP contribution in [0.25, 0.3) is 10.9 Å². The van der Waals surface area contributed by atoms with Gasteiger partial charge in [0.25, 0.3) is 0 Å². The highest BCUT2D eigenvalue weighted by molar-refractivity contribution is 6.35. The van der Waals surface area contributed by atoms with Gasteiger partial charge in [0, 0.05) is 42.8 Å². The lowest BCUT2D eigenvalue weighted by atomic mass is 9.89. The van der Waals surface area contributed by atoms with Crippen LogP contribution < -0.4 is 5.73 Å². The van der Waals surface area contributed by atoms with Crippen molar-refractivity contribution in [2.45, 2.75) is 56.8 Å². The number of carboxylic acid groups (broad SMARTS) is 2. The summed E-state index contributed by atoms with van der Waals surface area (Å²) in [5.74, 6) is -2.81. The van der Waals surface area contributed by atoms with Gasteiger partial charge < -0.3 is 35.8 Å². The third-order valence-electron chi connectivity index (χ3n) is 7.12. The number of carbonyl (C=O) groups is 3. The van der Waals surface area contributed by atoms with Gasteiger partial charge in [-0.15, -0.1) is 0 Å². The second kappa shape index (κ2) is 13.8. The van der Waals surface area contributed by atoms with Gasteiger partial charge >= 0.3 is 11.9 Å². The number of Topliss-reactive ketones (excluding diaryl/α,β-unsaturated/α-hetero) is 1. The van der Waals surface area contributed by atoms with E-state index in [9.17, 15) is 14.4 Å². The number of anilines is 1. The number of ketones is 1. The van der Waals surface area contributed by atoms with Gasteiger partial charge in [-0.2, -0.15) is 0 Å². The lowest BCUT2D eigenvalue weighted by Crippen LogP contribution is -2.44. The maximum absolute atomic E-state index is 12.9. The highest BCUT2D eigenvalue weighted by Crippen LogP contribution is 2.32. The van der Waals surface area contributed by atoms with Crippen LogP contribution in [-0.4, -0.2) is 92.6 Å². The van der Waals surface area contributed by atoms with Gasteiger partial charge in [-0.3, -0.25) is 9.78 Å². The van der Waals surface area contributed by atoms with Gasteiger partial charge in [0.1, 0.15) is 0 Å².